The summed E-state index contributed by atoms with van der Waals surface area (Å²) in [6.45, 7) is 0. The van der Waals surface area contributed by atoms with Crippen molar-refractivity contribution in [3.63, 3.8) is 0 Å². The van der Waals surface area contributed by atoms with Gasteiger partial charge in [0.25, 0.3) is 0 Å². The molecule has 0 amide bonds. The molecule has 2 unspecified atom stereocenters. The number of aliphatic hydroxyl groups excluding tert-OH is 1. The van der Waals surface area contributed by atoms with E-state index < -0.39 is 18.2 Å². The van der Waals surface area contributed by atoms with Gasteiger partial charge < -0.3 is 24.1 Å². The second-order valence-corrected chi connectivity index (χ2v) is 5.20. The van der Waals surface area contributed by atoms with Crippen molar-refractivity contribution in [2.24, 2.45) is 0 Å². The first-order valence-corrected chi connectivity index (χ1v) is 7.29. The molecule has 0 spiro atoms. The van der Waals surface area contributed by atoms with Crippen LogP contribution in [0.3, 0.4) is 0 Å². The Labute approximate surface area is 129 Å². The van der Waals surface area contributed by atoms with Gasteiger partial charge in [-0.25, -0.2) is 4.79 Å². The van der Waals surface area contributed by atoms with Crippen LogP contribution in [0.2, 0.25) is 0 Å². The number of esters is 1. The maximum atomic E-state index is 12.4. The molecule has 22 heavy (non-hydrogen) atoms. The number of ether oxygens (including phenoxy) is 4. The van der Waals surface area contributed by atoms with Crippen LogP contribution in [0.4, 0.5) is 0 Å². The Balaban J connectivity index is 2.24. The van der Waals surface area contributed by atoms with E-state index in [0.717, 1.165) is 12.8 Å². The molecule has 0 saturated heterocycles. The lowest BCUT2D eigenvalue weighted by Gasteiger charge is -2.27. The van der Waals surface area contributed by atoms with Crippen LogP contribution in [-0.2, 0) is 4.74 Å². The smallest absolute Gasteiger partial charge is 0.342 e. The van der Waals surface area contributed by atoms with Crippen molar-refractivity contribution in [2.75, 3.05) is 21.3 Å². The highest BCUT2D eigenvalue weighted by Gasteiger charge is 2.28. The van der Waals surface area contributed by atoms with Crippen LogP contribution in [0.15, 0.2) is 12.1 Å². The van der Waals surface area contributed by atoms with Crippen molar-refractivity contribution in [3.05, 3.63) is 17.7 Å². The highest BCUT2D eigenvalue weighted by atomic mass is 16.6. The highest BCUT2D eigenvalue weighted by Crippen LogP contribution is 2.35. The average Bonchev–Trinajstić information content (AvgIpc) is 2.55. The predicted molar refractivity (Wildman–Crippen MR) is 79.8 cm³/mol. The minimum Gasteiger partial charge on any atom is -0.496 e. The lowest BCUT2D eigenvalue weighted by atomic mass is 9.95. The van der Waals surface area contributed by atoms with Crippen LogP contribution in [0, 0.1) is 0 Å². The summed E-state index contributed by atoms with van der Waals surface area (Å²) in [5.41, 5.74) is 0.248. The molecule has 0 heterocycles. The molecule has 1 aliphatic carbocycles. The molecule has 1 aromatic rings. The summed E-state index contributed by atoms with van der Waals surface area (Å²) in [5.74, 6) is 0.685. The quantitative estimate of drug-likeness (QED) is 0.840. The van der Waals surface area contributed by atoms with Gasteiger partial charge in [0.1, 0.15) is 17.4 Å². The number of carbonyl (C=O) groups is 1. The van der Waals surface area contributed by atoms with Crippen LogP contribution < -0.4 is 14.2 Å². The second kappa shape index (κ2) is 7.35. The first-order chi connectivity index (χ1) is 10.6. The van der Waals surface area contributed by atoms with Gasteiger partial charge in [0.15, 0.2) is 11.5 Å². The maximum Gasteiger partial charge on any atom is 0.342 e. The summed E-state index contributed by atoms with van der Waals surface area (Å²) in [4.78, 5) is 12.4. The summed E-state index contributed by atoms with van der Waals surface area (Å²) < 4.78 is 21.0. The van der Waals surface area contributed by atoms with E-state index in [-0.39, 0.29) is 5.56 Å². The molecule has 2 rings (SSSR count). The molecule has 122 valence electrons. The molecule has 6 nitrogen and oxygen atoms in total. The van der Waals surface area contributed by atoms with E-state index in [4.69, 9.17) is 18.9 Å². The SMILES string of the molecule is COc1cc(OC)c(C(=O)OC2CCCCC2O)cc1OC. The predicted octanol–water partition coefficient (Wildman–Crippen LogP) is 2.17. The Morgan fingerprint density at radius 1 is 1.00 bits per heavy atom. The fourth-order valence-electron chi connectivity index (χ4n) is 2.60. The first-order valence-electron chi connectivity index (χ1n) is 7.29. The summed E-state index contributed by atoms with van der Waals surface area (Å²) in [6.07, 6.45) is 2.14. The molecule has 2 atom stereocenters. The Morgan fingerprint density at radius 3 is 2.18 bits per heavy atom. The fraction of sp³-hybridized carbons (Fsp3) is 0.562. The Hall–Kier alpha value is -1.95. The van der Waals surface area contributed by atoms with Gasteiger partial charge in [-0.15, -0.1) is 0 Å². The molecule has 1 fully saturated rings. The van der Waals surface area contributed by atoms with Crippen molar-refractivity contribution >= 4 is 5.97 Å². The molecule has 1 aromatic carbocycles. The molecule has 0 aromatic heterocycles. The minimum absolute atomic E-state index is 0.248. The van der Waals surface area contributed by atoms with E-state index in [2.05, 4.69) is 0 Å². The Morgan fingerprint density at radius 2 is 1.59 bits per heavy atom. The monoisotopic (exact) mass is 310 g/mol. The molecule has 1 N–H and O–H groups in total. The third-order valence-electron chi connectivity index (χ3n) is 3.85. The highest BCUT2D eigenvalue weighted by molar-refractivity contribution is 5.93. The third kappa shape index (κ3) is 3.44. The van der Waals surface area contributed by atoms with Crippen LogP contribution in [-0.4, -0.2) is 44.6 Å². The summed E-state index contributed by atoms with van der Waals surface area (Å²) in [7, 11) is 4.46. The zero-order chi connectivity index (χ0) is 16.1. The number of rotatable bonds is 5. The fourth-order valence-corrected chi connectivity index (χ4v) is 2.60. The molecule has 1 aliphatic rings. The van der Waals surface area contributed by atoms with Crippen molar-refractivity contribution in [1.82, 2.24) is 0 Å². The van der Waals surface area contributed by atoms with Crippen LogP contribution in [0.25, 0.3) is 0 Å². The molecular formula is C16H22O6. The van der Waals surface area contributed by atoms with Crippen molar-refractivity contribution in [1.29, 1.82) is 0 Å². The molecule has 0 aliphatic heterocycles. The minimum atomic E-state index is -0.608. The van der Waals surface area contributed by atoms with Crippen molar-refractivity contribution in [2.45, 2.75) is 37.9 Å². The first kappa shape index (κ1) is 16.4. The summed E-state index contributed by atoms with van der Waals surface area (Å²) in [6, 6.07) is 3.10. The normalized spacial score (nSPS) is 21.1. The standard InChI is InChI=1S/C16H22O6/c1-19-13-9-15(21-3)14(20-2)8-10(13)16(18)22-12-7-5-4-6-11(12)17/h8-9,11-12,17H,4-7H2,1-3H3. The largest absolute Gasteiger partial charge is 0.496 e. The lowest BCUT2D eigenvalue weighted by molar-refractivity contribution is -0.0362. The van der Waals surface area contributed by atoms with Gasteiger partial charge in [-0.2, -0.15) is 0 Å². The van der Waals surface area contributed by atoms with Gasteiger partial charge in [0.2, 0.25) is 0 Å². The van der Waals surface area contributed by atoms with Gasteiger partial charge in [0, 0.05) is 12.1 Å². The maximum absolute atomic E-state index is 12.4. The number of carbonyl (C=O) groups excluding carboxylic acids is 1. The summed E-state index contributed by atoms with van der Waals surface area (Å²) >= 11 is 0. The average molecular weight is 310 g/mol. The van der Waals surface area contributed by atoms with E-state index >= 15 is 0 Å². The molecule has 1 saturated carbocycles. The second-order valence-electron chi connectivity index (χ2n) is 5.20. The number of aliphatic hydroxyl groups is 1. The van der Waals surface area contributed by atoms with E-state index in [1.165, 1.54) is 27.4 Å². The van der Waals surface area contributed by atoms with E-state index in [1.807, 2.05) is 0 Å². The number of methoxy groups -OCH3 is 3. The van der Waals surface area contributed by atoms with Gasteiger partial charge in [-0.1, -0.05) is 6.42 Å². The molecule has 0 radical (unpaired) electrons. The van der Waals surface area contributed by atoms with Crippen LogP contribution in [0.5, 0.6) is 17.2 Å². The number of benzene rings is 1. The topological polar surface area (TPSA) is 74.2 Å². The number of hydrogen-bond donors (Lipinski definition) is 1. The molecular weight excluding hydrogens is 288 g/mol. The van der Waals surface area contributed by atoms with Gasteiger partial charge >= 0.3 is 5.97 Å². The van der Waals surface area contributed by atoms with Gasteiger partial charge in [0.05, 0.1) is 27.4 Å². The molecule has 6 heteroatoms. The van der Waals surface area contributed by atoms with Crippen molar-refractivity contribution < 1.29 is 28.8 Å². The zero-order valence-electron chi connectivity index (χ0n) is 13.1. The Bertz CT molecular complexity index is 528. The van der Waals surface area contributed by atoms with E-state index in [0.29, 0.717) is 30.1 Å². The third-order valence-corrected chi connectivity index (χ3v) is 3.85. The summed E-state index contributed by atoms with van der Waals surface area (Å²) in [5, 5.41) is 9.92. The van der Waals surface area contributed by atoms with Gasteiger partial charge in [-0.05, 0) is 19.3 Å². The van der Waals surface area contributed by atoms with Crippen molar-refractivity contribution in [3.8, 4) is 17.2 Å². The number of hydrogen-bond acceptors (Lipinski definition) is 6. The molecule has 0 bridgehead atoms. The van der Waals surface area contributed by atoms with E-state index in [1.54, 1.807) is 6.07 Å². The van der Waals surface area contributed by atoms with E-state index in [9.17, 15) is 9.90 Å². The Kier molecular flexibility index (Phi) is 5.49. The lowest BCUT2D eigenvalue weighted by Crippen LogP contribution is -2.34. The zero-order valence-corrected chi connectivity index (χ0v) is 13.1. The van der Waals surface area contributed by atoms with Gasteiger partial charge in [-0.3, -0.25) is 0 Å². The van der Waals surface area contributed by atoms with Crippen LogP contribution >= 0.6 is 0 Å². The van der Waals surface area contributed by atoms with Crippen LogP contribution in [0.1, 0.15) is 36.0 Å².